The Hall–Kier alpha value is -4.19. The molecule has 2 amide bonds. The Balaban J connectivity index is 1.61. The van der Waals surface area contributed by atoms with Gasteiger partial charge in [0, 0.05) is 54.6 Å². The number of anilines is 2. The van der Waals surface area contributed by atoms with Gasteiger partial charge in [-0.1, -0.05) is 40.9 Å². The molecule has 2 heterocycles. The van der Waals surface area contributed by atoms with E-state index in [1.54, 1.807) is 24.3 Å². The number of carbonyl (C=O) groups excluding carboxylic acids is 2. The molecule has 2 atom stereocenters. The number of nitroso groups, excluding NO2 is 1. The molecule has 1 aliphatic carbocycles. The highest BCUT2D eigenvalue weighted by Gasteiger charge is 2.52. The summed E-state index contributed by atoms with van der Waals surface area (Å²) in [5, 5.41) is 3.69. The summed E-state index contributed by atoms with van der Waals surface area (Å²) in [6.45, 7) is 0. The Morgan fingerprint density at radius 2 is 1.95 bits per heavy atom. The van der Waals surface area contributed by atoms with Crippen LogP contribution in [0.15, 0.2) is 66.9 Å². The molecule has 13 heteroatoms. The van der Waals surface area contributed by atoms with Crippen LogP contribution in [0.3, 0.4) is 0 Å². The number of methoxy groups -OCH3 is 1. The third-order valence-electron chi connectivity index (χ3n) is 7.05. The molecular weight excluding hydrogens is 563 g/mol. The minimum atomic E-state index is -2.91. The summed E-state index contributed by atoms with van der Waals surface area (Å²) >= 11 is 6.49. The lowest BCUT2D eigenvalue weighted by Gasteiger charge is -2.37. The van der Waals surface area contributed by atoms with E-state index in [9.17, 15) is 27.7 Å². The number of carbonyl (C=O) groups is 2. The van der Waals surface area contributed by atoms with Crippen molar-refractivity contribution >= 4 is 34.9 Å². The lowest BCUT2D eigenvalue weighted by atomic mass is 9.88. The lowest BCUT2D eigenvalue weighted by molar-refractivity contribution is -0.598. The smallest absolute Gasteiger partial charge is 0.317 e. The van der Waals surface area contributed by atoms with Crippen LogP contribution in [0.2, 0.25) is 5.02 Å². The third-order valence-corrected chi connectivity index (χ3v) is 7.40. The van der Waals surface area contributed by atoms with Gasteiger partial charge in [-0.25, -0.2) is 23.1 Å². The Bertz CT molecular complexity index is 1480. The molecule has 2 fully saturated rings. The van der Waals surface area contributed by atoms with E-state index in [-0.39, 0.29) is 40.7 Å². The molecule has 2 aliphatic rings. The Kier molecular flexibility index (Phi) is 7.85. The van der Waals surface area contributed by atoms with E-state index in [4.69, 9.17) is 16.3 Å². The number of pyridine rings is 1. The second-order valence-electron chi connectivity index (χ2n) is 9.83. The number of hydrazine groups is 1. The zero-order valence-corrected chi connectivity index (χ0v) is 22.6. The fourth-order valence-electron chi connectivity index (χ4n) is 5.12. The number of rotatable bonds is 9. The van der Waals surface area contributed by atoms with Crippen LogP contribution in [-0.4, -0.2) is 46.9 Å². The Morgan fingerprint density at radius 3 is 2.63 bits per heavy atom. The average Bonchev–Trinajstić information content (AvgIpc) is 3.31. The quantitative estimate of drug-likeness (QED) is 0.273. The van der Waals surface area contributed by atoms with E-state index in [0.717, 1.165) is 11.1 Å². The van der Waals surface area contributed by atoms with Gasteiger partial charge in [0.1, 0.15) is 16.4 Å². The van der Waals surface area contributed by atoms with Gasteiger partial charge in [0.05, 0.1) is 12.0 Å². The summed E-state index contributed by atoms with van der Waals surface area (Å²) in [5.41, 5.74) is 0.153. The molecule has 9 nitrogen and oxygen atoms in total. The van der Waals surface area contributed by atoms with Crippen molar-refractivity contribution in [3.05, 3.63) is 88.2 Å². The standard InChI is InChI=1S/C28H25ClF3N5O4/c1-41-22-10-5-13-33-26(22)35-23(11-12-24(35)38)37(40)36(19-7-4-6-17(30)14-19)25(20-8-2-3-9-21(20)29)27(39)34-18-15-28(31,32)16-18/h2-10,13-14,18,23,25H,11-12,15-16H2,1H3/p+1/t23-,25+/m1/s1. The second-order valence-corrected chi connectivity index (χ2v) is 10.2. The van der Waals surface area contributed by atoms with Gasteiger partial charge in [-0.05, 0) is 30.3 Å². The lowest BCUT2D eigenvalue weighted by Crippen LogP contribution is -2.56. The van der Waals surface area contributed by atoms with Gasteiger partial charge in [0.25, 0.3) is 11.8 Å². The van der Waals surface area contributed by atoms with Crippen LogP contribution >= 0.6 is 11.6 Å². The maximum absolute atomic E-state index is 14.5. The molecule has 1 aliphatic heterocycles. The Labute approximate surface area is 238 Å². The topological polar surface area (TPSA) is 94.8 Å². The molecule has 1 saturated heterocycles. The van der Waals surface area contributed by atoms with Crippen molar-refractivity contribution in [2.24, 2.45) is 0 Å². The minimum absolute atomic E-state index is 0.0137. The van der Waals surface area contributed by atoms with Crippen LogP contribution in [0, 0.1) is 10.7 Å². The van der Waals surface area contributed by atoms with Crippen molar-refractivity contribution < 1.29 is 32.4 Å². The first-order valence-electron chi connectivity index (χ1n) is 12.8. The normalized spacial score (nSPS) is 18.9. The van der Waals surface area contributed by atoms with Crippen LogP contribution in [0.4, 0.5) is 24.7 Å². The van der Waals surface area contributed by atoms with Crippen molar-refractivity contribution in [2.45, 2.75) is 49.9 Å². The van der Waals surface area contributed by atoms with Crippen molar-refractivity contribution in [2.75, 3.05) is 17.0 Å². The highest BCUT2D eigenvalue weighted by atomic mass is 35.5. The first-order chi connectivity index (χ1) is 19.6. The monoisotopic (exact) mass is 588 g/mol. The first-order valence-corrected chi connectivity index (χ1v) is 13.2. The number of aromatic nitrogens is 1. The maximum Gasteiger partial charge on any atom is 0.317 e. The number of nitrogens with one attached hydrogen (secondary N) is 1. The molecule has 3 aromatic rings. The van der Waals surface area contributed by atoms with Gasteiger partial charge < -0.3 is 10.1 Å². The zero-order chi connectivity index (χ0) is 29.3. The highest BCUT2D eigenvalue weighted by molar-refractivity contribution is 6.31. The number of hydrogen-bond acceptors (Lipinski definition) is 5. The van der Waals surface area contributed by atoms with E-state index < -0.39 is 54.6 Å². The molecule has 2 aromatic carbocycles. The number of amides is 2. The Morgan fingerprint density at radius 1 is 1.20 bits per heavy atom. The second kappa shape index (κ2) is 11.4. The van der Waals surface area contributed by atoms with Gasteiger partial charge >= 0.3 is 6.17 Å². The van der Waals surface area contributed by atoms with Crippen LogP contribution in [0.1, 0.15) is 37.3 Å². The molecule has 0 bridgehead atoms. The molecule has 1 saturated carbocycles. The van der Waals surface area contributed by atoms with Crippen LogP contribution < -0.4 is 20.0 Å². The van der Waals surface area contributed by atoms with Crippen molar-refractivity contribution in [3.8, 4) is 5.75 Å². The maximum atomic E-state index is 14.5. The van der Waals surface area contributed by atoms with Gasteiger partial charge in [0.2, 0.25) is 5.91 Å². The number of benzene rings is 2. The number of alkyl halides is 2. The summed E-state index contributed by atoms with van der Waals surface area (Å²) in [7, 11) is 1.39. The van der Waals surface area contributed by atoms with Gasteiger partial charge in [-0.3, -0.25) is 9.59 Å². The first kappa shape index (κ1) is 28.3. The fraction of sp³-hybridized carbons (Fsp3) is 0.321. The molecule has 0 radical (unpaired) electrons. The van der Waals surface area contributed by atoms with Gasteiger partial charge in [0.15, 0.2) is 17.6 Å². The fourth-order valence-corrected chi connectivity index (χ4v) is 5.36. The number of hydrogen-bond donors (Lipinski definition) is 1. The largest absolute Gasteiger partial charge is 0.493 e. The minimum Gasteiger partial charge on any atom is -0.493 e. The van der Waals surface area contributed by atoms with Crippen LogP contribution in [0.25, 0.3) is 0 Å². The van der Waals surface area contributed by atoms with Crippen LogP contribution in [0.5, 0.6) is 5.75 Å². The van der Waals surface area contributed by atoms with E-state index in [0.29, 0.717) is 4.87 Å². The highest BCUT2D eigenvalue weighted by Crippen LogP contribution is 2.40. The van der Waals surface area contributed by atoms with Gasteiger partial charge in [-0.15, -0.1) is 0 Å². The van der Waals surface area contributed by atoms with Crippen LogP contribution in [-0.2, 0) is 9.59 Å². The third kappa shape index (κ3) is 5.69. The van der Waals surface area contributed by atoms with E-state index in [1.165, 1.54) is 48.5 Å². The molecule has 1 aromatic heterocycles. The number of ether oxygens (including phenoxy) is 1. The molecule has 1 N–H and O–H groups in total. The SMILES string of the molecule is COc1cccnc1N1C(=O)CC[C@H]1[N+](=O)N(c1cccc(F)c1)[C@H](C(=O)NC1CC(F)(F)C1)c1ccccc1Cl. The van der Waals surface area contributed by atoms with Crippen molar-refractivity contribution in [3.63, 3.8) is 0 Å². The number of nitrogens with zero attached hydrogens (tertiary/aromatic N) is 4. The van der Waals surface area contributed by atoms with Crippen molar-refractivity contribution in [1.82, 2.24) is 10.3 Å². The summed E-state index contributed by atoms with van der Waals surface area (Å²) in [6, 6.07) is 12.1. The summed E-state index contributed by atoms with van der Waals surface area (Å²) < 4.78 is 47.1. The summed E-state index contributed by atoms with van der Waals surface area (Å²) in [4.78, 5) is 47.1. The van der Waals surface area contributed by atoms with E-state index in [2.05, 4.69) is 10.3 Å². The molecule has 0 unspecified atom stereocenters. The zero-order valence-electron chi connectivity index (χ0n) is 21.8. The molecule has 41 heavy (non-hydrogen) atoms. The molecular formula is C28H26ClF3N5O4+. The average molecular weight is 589 g/mol. The molecule has 5 rings (SSSR count). The van der Waals surface area contributed by atoms with E-state index >= 15 is 0 Å². The summed E-state index contributed by atoms with van der Waals surface area (Å²) in [6.07, 6.45) is -0.868. The predicted octanol–water partition coefficient (Wildman–Crippen LogP) is 5.19. The summed E-state index contributed by atoms with van der Waals surface area (Å²) in [5.74, 6) is -4.47. The van der Waals surface area contributed by atoms with E-state index in [1.807, 2.05) is 0 Å². The molecule has 214 valence electrons. The predicted molar refractivity (Wildman–Crippen MR) is 144 cm³/mol. The van der Waals surface area contributed by atoms with Crippen molar-refractivity contribution in [1.29, 1.82) is 0 Å². The van der Waals surface area contributed by atoms with Gasteiger partial charge in [-0.2, -0.15) is 0 Å². The molecule has 0 spiro atoms. The number of halogens is 4.